The van der Waals surface area contributed by atoms with Crippen LogP contribution in [-0.2, 0) is 11.8 Å². The number of ether oxygens (including phenoxy) is 1. The van der Waals surface area contributed by atoms with Gasteiger partial charge in [-0.15, -0.1) is 0 Å². The maximum atomic E-state index is 11.7. The fourth-order valence-electron chi connectivity index (χ4n) is 1.93. The molecular formula is C15H22O2. The van der Waals surface area contributed by atoms with Gasteiger partial charge in [-0.2, -0.15) is 0 Å². The van der Waals surface area contributed by atoms with Gasteiger partial charge in [-0.3, -0.25) is 4.79 Å². The van der Waals surface area contributed by atoms with Crippen LogP contribution in [0.3, 0.4) is 0 Å². The molecule has 0 N–H and O–H groups in total. The topological polar surface area (TPSA) is 26.3 Å². The Kier molecular flexibility index (Phi) is 3.97. The predicted molar refractivity (Wildman–Crippen MR) is 71.1 cm³/mol. The molecule has 0 aliphatic rings. The lowest BCUT2D eigenvalue weighted by Crippen LogP contribution is -2.15. The van der Waals surface area contributed by atoms with Crippen LogP contribution >= 0.6 is 0 Å². The van der Waals surface area contributed by atoms with E-state index in [1.165, 1.54) is 5.56 Å². The molecule has 0 aromatic heterocycles. The second-order valence-electron chi connectivity index (χ2n) is 5.38. The van der Waals surface area contributed by atoms with E-state index in [9.17, 15) is 4.79 Å². The highest BCUT2D eigenvalue weighted by atomic mass is 16.5. The summed E-state index contributed by atoms with van der Waals surface area (Å²) in [7, 11) is 1.63. The molecule has 0 spiro atoms. The average molecular weight is 234 g/mol. The quantitative estimate of drug-likeness (QED) is 0.744. The van der Waals surface area contributed by atoms with Crippen molar-refractivity contribution in [3.05, 3.63) is 28.8 Å². The molecule has 0 radical (unpaired) electrons. The van der Waals surface area contributed by atoms with Crippen molar-refractivity contribution in [2.24, 2.45) is 0 Å². The molecule has 0 unspecified atom stereocenters. The maximum absolute atomic E-state index is 11.7. The summed E-state index contributed by atoms with van der Waals surface area (Å²) in [6.45, 7) is 10.1. The van der Waals surface area contributed by atoms with Gasteiger partial charge >= 0.3 is 0 Å². The fraction of sp³-hybridized carbons (Fsp3) is 0.533. The van der Waals surface area contributed by atoms with Crippen molar-refractivity contribution >= 4 is 5.78 Å². The Morgan fingerprint density at radius 3 is 2.24 bits per heavy atom. The van der Waals surface area contributed by atoms with Crippen molar-refractivity contribution in [1.29, 1.82) is 0 Å². The molecule has 1 aromatic rings. The molecule has 2 heteroatoms. The van der Waals surface area contributed by atoms with E-state index >= 15 is 0 Å². The summed E-state index contributed by atoms with van der Waals surface area (Å²) >= 11 is 0. The molecule has 0 bridgehead atoms. The van der Waals surface area contributed by atoms with Crippen molar-refractivity contribution in [1.82, 2.24) is 0 Å². The van der Waals surface area contributed by atoms with Crippen LogP contribution in [0.25, 0.3) is 0 Å². The largest absolute Gasteiger partial charge is 0.496 e. The van der Waals surface area contributed by atoms with E-state index in [0.717, 1.165) is 17.7 Å². The van der Waals surface area contributed by atoms with Crippen molar-refractivity contribution in [2.75, 3.05) is 7.11 Å². The van der Waals surface area contributed by atoms with E-state index in [0.29, 0.717) is 5.56 Å². The predicted octanol–water partition coefficient (Wildman–Crippen LogP) is 3.76. The summed E-state index contributed by atoms with van der Waals surface area (Å²) in [5.74, 6) is 0.782. The third-order valence-electron chi connectivity index (χ3n) is 2.95. The zero-order valence-corrected chi connectivity index (χ0v) is 11.7. The molecule has 17 heavy (non-hydrogen) atoms. The minimum Gasteiger partial charge on any atom is -0.496 e. The molecule has 2 nitrogen and oxygen atoms in total. The molecule has 1 aromatic carbocycles. The monoisotopic (exact) mass is 234 g/mol. The first kappa shape index (κ1) is 13.8. The SMILES string of the molecule is CCc1cc(C(C)=O)c(OC)c(C(C)(C)C)c1. The highest BCUT2D eigenvalue weighted by Gasteiger charge is 2.23. The van der Waals surface area contributed by atoms with E-state index in [4.69, 9.17) is 4.74 Å². The van der Waals surface area contributed by atoms with Gasteiger partial charge in [-0.25, -0.2) is 0 Å². The molecule has 0 heterocycles. The van der Waals surface area contributed by atoms with Gasteiger partial charge in [0.25, 0.3) is 0 Å². The molecule has 0 saturated carbocycles. The number of rotatable bonds is 3. The van der Waals surface area contributed by atoms with E-state index in [2.05, 4.69) is 33.8 Å². The first-order valence-electron chi connectivity index (χ1n) is 6.03. The summed E-state index contributed by atoms with van der Waals surface area (Å²) in [4.78, 5) is 11.7. The van der Waals surface area contributed by atoms with Crippen molar-refractivity contribution in [3.63, 3.8) is 0 Å². The van der Waals surface area contributed by atoms with Crippen LogP contribution in [0.15, 0.2) is 12.1 Å². The van der Waals surface area contributed by atoms with Gasteiger partial charge in [0, 0.05) is 5.56 Å². The Bertz CT molecular complexity index is 425. The number of aryl methyl sites for hydroxylation is 1. The van der Waals surface area contributed by atoms with E-state index in [-0.39, 0.29) is 11.2 Å². The fourth-order valence-corrected chi connectivity index (χ4v) is 1.93. The summed E-state index contributed by atoms with van der Waals surface area (Å²) < 4.78 is 5.44. The summed E-state index contributed by atoms with van der Waals surface area (Å²) in [5.41, 5.74) is 2.95. The minimum atomic E-state index is -0.0271. The molecular weight excluding hydrogens is 212 g/mol. The number of ketones is 1. The van der Waals surface area contributed by atoms with Gasteiger partial charge in [0.05, 0.1) is 12.7 Å². The lowest BCUT2D eigenvalue weighted by molar-refractivity contribution is 0.101. The lowest BCUT2D eigenvalue weighted by atomic mass is 9.83. The normalized spacial score (nSPS) is 11.4. The second kappa shape index (κ2) is 4.91. The molecule has 0 aliphatic heterocycles. The van der Waals surface area contributed by atoms with Gasteiger partial charge in [-0.05, 0) is 30.4 Å². The van der Waals surface area contributed by atoms with Crippen LogP contribution in [0.1, 0.15) is 56.1 Å². The highest BCUT2D eigenvalue weighted by molar-refractivity contribution is 5.97. The lowest BCUT2D eigenvalue weighted by Gasteiger charge is -2.24. The van der Waals surface area contributed by atoms with E-state index in [1.54, 1.807) is 14.0 Å². The van der Waals surface area contributed by atoms with Gasteiger partial charge in [0.2, 0.25) is 0 Å². The number of carbonyl (C=O) groups excluding carboxylic acids is 1. The van der Waals surface area contributed by atoms with Crippen molar-refractivity contribution in [3.8, 4) is 5.75 Å². The Balaban J connectivity index is 3.56. The second-order valence-corrected chi connectivity index (χ2v) is 5.38. The summed E-state index contributed by atoms with van der Waals surface area (Å²) in [5, 5.41) is 0. The standard InChI is InChI=1S/C15H22O2/c1-7-11-8-12(10(2)16)14(17-6)13(9-11)15(3,4)5/h8-9H,7H2,1-6H3. The molecule has 0 fully saturated rings. The van der Waals surface area contributed by atoms with Gasteiger partial charge in [0.1, 0.15) is 5.75 Å². The molecule has 1 rings (SSSR count). The average Bonchev–Trinajstić information content (AvgIpc) is 2.25. The first-order valence-corrected chi connectivity index (χ1v) is 6.03. The molecule has 0 aliphatic carbocycles. The van der Waals surface area contributed by atoms with Crippen LogP contribution in [-0.4, -0.2) is 12.9 Å². The maximum Gasteiger partial charge on any atom is 0.163 e. The van der Waals surface area contributed by atoms with Crippen LogP contribution in [0, 0.1) is 0 Å². The number of benzene rings is 1. The number of methoxy groups -OCH3 is 1. The third-order valence-corrected chi connectivity index (χ3v) is 2.95. The Labute approximate surface area is 104 Å². The van der Waals surface area contributed by atoms with E-state index in [1.807, 2.05) is 6.07 Å². The van der Waals surface area contributed by atoms with Crippen molar-refractivity contribution in [2.45, 2.75) is 46.5 Å². The van der Waals surface area contributed by atoms with Crippen LogP contribution in [0.4, 0.5) is 0 Å². The van der Waals surface area contributed by atoms with Gasteiger partial charge < -0.3 is 4.74 Å². The Morgan fingerprint density at radius 2 is 1.88 bits per heavy atom. The van der Waals surface area contributed by atoms with Gasteiger partial charge in [0.15, 0.2) is 5.78 Å². The highest BCUT2D eigenvalue weighted by Crippen LogP contribution is 2.35. The Hall–Kier alpha value is -1.31. The number of hydrogen-bond donors (Lipinski definition) is 0. The zero-order chi connectivity index (χ0) is 13.2. The molecule has 0 amide bonds. The molecule has 0 atom stereocenters. The van der Waals surface area contributed by atoms with Crippen molar-refractivity contribution < 1.29 is 9.53 Å². The zero-order valence-electron chi connectivity index (χ0n) is 11.7. The summed E-state index contributed by atoms with van der Waals surface area (Å²) in [6, 6.07) is 4.08. The number of Topliss-reactive ketones (excluding diaryl/α,β-unsaturated/α-hetero) is 1. The minimum absolute atomic E-state index is 0.0271. The smallest absolute Gasteiger partial charge is 0.163 e. The number of hydrogen-bond acceptors (Lipinski definition) is 2. The molecule has 0 saturated heterocycles. The Morgan fingerprint density at radius 1 is 1.29 bits per heavy atom. The van der Waals surface area contributed by atoms with Crippen LogP contribution in [0.2, 0.25) is 0 Å². The van der Waals surface area contributed by atoms with Crippen LogP contribution in [0.5, 0.6) is 5.75 Å². The molecule has 94 valence electrons. The number of carbonyl (C=O) groups is 1. The van der Waals surface area contributed by atoms with Gasteiger partial charge in [-0.1, -0.05) is 33.8 Å². The third kappa shape index (κ3) is 2.87. The first-order chi connectivity index (χ1) is 7.81. The summed E-state index contributed by atoms with van der Waals surface area (Å²) in [6.07, 6.45) is 0.924. The van der Waals surface area contributed by atoms with Crippen LogP contribution < -0.4 is 4.74 Å². The van der Waals surface area contributed by atoms with E-state index < -0.39 is 0 Å².